The van der Waals surface area contributed by atoms with E-state index >= 15 is 0 Å². The fourth-order valence-corrected chi connectivity index (χ4v) is 3.39. The Kier molecular flexibility index (Phi) is 4.31. The van der Waals surface area contributed by atoms with Crippen LogP contribution in [0.2, 0.25) is 0 Å². The maximum absolute atomic E-state index is 12.7. The quantitative estimate of drug-likeness (QED) is 0.513. The van der Waals surface area contributed by atoms with Crippen LogP contribution in [0, 0.1) is 6.92 Å². The monoisotopic (exact) mass is 383 g/mol. The Hall–Kier alpha value is -3.33. The summed E-state index contributed by atoms with van der Waals surface area (Å²) in [6.45, 7) is 2.35. The van der Waals surface area contributed by atoms with E-state index in [4.69, 9.17) is 9.84 Å². The second-order valence-electron chi connectivity index (χ2n) is 6.66. The molecule has 0 amide bonds. The lowest BCUT2D eigenvalue weighted by Gasteiger charge is -2.13. The first-order chi connectivity index (χ1) is 13.5. The number of hydrogen-bond donors (Lipinski definition) is 1. The molecule has 4 aromatic rings. The summed E-state index contributed by atoms with van der Waals surface area (Å²) in [5.41, 5.74) is 1.49. The van der Waals surface area contributed by atoms with Gasteiger partial charge in [0.15, 0.2) is 11.2 Å². The molecule has 28 heavy (non-hydrogen) atoms. The summed E-state index contributed by atoms with van der Waals surface area (Å²) in [4.78, 5) is 29.6. The van der Waals surface area contributed by atoms with Gasteiger partial charge in [-0.1, -0.05) is 12.1 Å². The summed E-state index contributed by atoms with van der Waals surface area (Å²) in [5, 5.41) is 9.00. The molecule has 0 aliphatic carbocycles. The Labute approximate surface area is 159 Å². The number of aliphatic hydroxyl groups excluding tert-OH is 1. The molecule has 0 saturated carbocycles. The van der Waals surface area contributed by atoms with Gasteiger partial charge < -0.3 is 9.84 Å². The van der Waals surface area contributed by atoms with Crippen LogP contribution in [-0.4, -0.2) is 41.4 Å². The lowest BCUT2D eigenvalue weighted by Crippen LogP contribution is -2.37. The smallest absolute Gasteiger partial charge is 0.332 e. The van der Waals surface area contributed by atoms with Crippen molar-refractivity contribution in [1.29, 1.82) is 0 Å². The third kappa shape index (κ3) is 2.55. The lowest BCUT2D eigenvalue weighted by molar-refractivity contribution is 0.233. The summed E-state index contributed by atoms with van der Waals surface area (Å²) in [5.74, 6) is 1.16. The van der Waals surface area contributed by atoms with E-state index in [-0.39, 0.29) is 6.61 Å². The second-order valence-corrected chi connectivity index (χ2v) is 6.66. The first-order valence-electron chi connectivity index (χ1n) is 8.95. The topological polar surface area (TPSA) is 95.7 Å². The molecule has 1 N–H and O–H groups in total. The minimum absolute atomic E-state index is 0.0535. The van der Waals surface area contributed by atoms with Crippen LogP contribution in [0.15, 0.2) is 40.1 Å². The number of nitrogens with zero attached hydrogens (tertiary/aromatic N) is 5. The second kappa shape index (κ2) is 6.68. The van der Waals surface area contributed by atoms with Gasteiger partial charge >= 0.3 is 5.69 Å². The van der Waals surface area contributed by atoms with Crippen LogP contribution in [0.5, 0.6) is 5.75 Å². The van der Waals surface area contributed by atoms with Crippen molar-refractivity contribution in [3.63, 3.8) is 0 Å². The number of fused-ring (bicyclic) bond motifs is 3. The highest BCUT2D eigenvalue weighted by molar-refractivity contribution is 5.76. The van der Waals surface area contributed by atoms with Crippen molar-refractivity contribution in [1.82, 2.24) is 23.1 Å². The average molecular weight is 383 g/mol. The first-order valence-corrected chi connectivity index (χ1v) is 8.95. The zero-order chi connectivity index (χ0) is 20.0. The van der Waals surface area contributed by atoms with E-state index in [1.807, 2.05) is 42.0 Å². The maximum atomic E-state index is 12.7. The molecule has 3 aromatic heterocycles. The number of rotatable bonds is 5. The van der Waals surface area contributed by atoms with Crippen molar-refractivity contribution in [3.8, 4) is 11.4 Å². The molecule has 9 heteroatoms. The average Bonchev–Trinajstić information content (AvgIpc) is 3.20. The largest absolute Gasteiger partial charge is 0.491 e. The van der Waals surface area contributed by atoms with Crippen LogP contribution in [0.4, 0.5) is 0 Å². The van der Waals surface area contributed by atoms with Crippen LogP contribution in [0.25, 0.3) is 22.6 Å². The number of ether oxygens (including phenoxy) is 1. The zero-order valence-electron chi connectivity index (χ0n) is 15.9. The van der Waals surface area contributed by atoms with Gasteiger partial charge in [-0.2, -0.15) is 4.98 Å². The summed E-state index contributed by atoms with van der Waals surface area (Å²) < 4.78 is 11.9. The van der Waals surface area contributed by atoms with Gasteiger partial charge in [0, 0.05) is 39.0 Å². The number of aryl methyl sites for hydroxylation is 2. The Bertz CT molecular complexity index is 1310. The number of aromatic nitrogens is 5. The van der Waals surface area contributed by atoms with Crippen molar-refractivity contribution in [3.05, 3.63) is 57.0 Å². The van der Waals surface area contributed by atoms with Crippen molar-refractivity contribution >= 4 is 16.9 Å². The Morgan fingerprint density at radius 3 is 2.64 bits per heavy atom. The van der Waals surface area contributed by atoms with Crippen LogP contribution < -0.4 is 16.0 Å². The highest BCUT2D eigenvalue weighted by Gasteiger charge is 2.20. The molecule has 0 saturated heterocycles. The molecule has 146 valence electrons. The molecule has 9 nitrogen and oxygen atoms in total. The van der Waals surface area contributed by atoms with E-state index in [9.17, 15) is 9.59 Å². The van der Waals surface area contributed by atoms with Crippen LogP contribution in [-0.2, 0) is 14.1 Å². The summed E-state index contributed by atoms with van der Waals surface area (Å²) in [7, 11) is 3.05. The van der Waals surface area contributed by atoms with E-state index in [0.717, 1.165) is 15.9 Å². The third-order valence-corrected chi connectivity index (χ3v) is 4.81. The molecule has 0 atom stereocenters. The van der Waals surface area contributed by atoms with Gasteiger partial charge in [0.05, 0.1) is 12.3 Å². The van der Waals surface area contributed by atoms with Crippen LogP contribution in [0.1, 0.15) is 12.1 Å². The standard InChI is InChI=1S/C19H21N5O4/c1-12-11-23-15-16(21(2)19(27)22(3)17(15)26)20-18(23)24(12)13-7-4-5-8-14(13)28-10-6-9-25/h4-5,7-8,11,25H,6,9-10H2,1-3H3. The van der Waals surface area contributed by atoms with Crippen LogP contribution >= 0.6 is 0 Å². The summed E-state index contributed by atoms with van der Waals surface area (Å²) in [6, 6.07) is 7.51. The van der Waals surface area contributed by atoms with Gasteiger partial charge in [-0.05, 0) is 19.1 Å². The van der Waals surface area contributed by atoms with Crippen LogP contribution in [0.3, 0.4) is 0 Å². The zero-order valence-corrected chi connectivity index (χ0v) is 15.9. The molecule has 0 bridgehead atoms. The fraction of sp³-hybridized carbons (Fsp3) is 0.316. The van der Waals surface area contributed by atoms with Gasteiger partial charge in [0.2, 0.25) is 5.78 Å². The molecule has 3 heterocycles. The number of imidazole rings is 2. The molecule has 0 fully saturated rings. The number of benzene rings is 1. The Morgan fingerprint density at radius 2 is 1.89 bits per heavy atom. The molecule has 0 unspecified atom stereocenters. The van der Waals surface area contributed by atoms with Gasteiger partial charge in [0.1, 0.15) is 5.75 Å². The summed E-state index contributed by atoms with van der Waals surface area (Å²) >= 11 is 0. The minimum atomic E-state index is -0.422. The van der Waals surface area contributed by atoms with Gasteiger partial charge in [-0.25, -0.2) is 4.79 Å². The van der Waals surface area contributed by atoms with Gasteiger partial charge in [-0.15, -0.1) is 0 Å². The molecule has 0 spiro atoms. The molecular weight excluding hydrogens is 362 g/mol. The molecular formula is C19H21N5O4. The SMILES string of the molecule is Cc1cn2c3c(=O)n(C)c(=O)n(C)c3nc2n1-c1ccccc1OCCCO. The maximum Gasteiger partial charge on any atom is 0.332 e. The number of aliphatic hydroxyl groups is 1. The van der Waals surface area contributed by atoms with Crippen molar-refractivity contribution in [2.75, 3.05) is 13.2 Å². The van der Waals surface area contributed by atoms with Gasteiger partial charge in [-0.3, -0.25) is 22.9 Å². The molecule has 0 aliphatic rings. The van der Waals surface area contributed by atoms with Crippen molar-refractivity contribution in [2.45, 2.75) is 13.3 Å². The first kappa shape index (κ1) is 18.1. The van der Waals surface area contributed by atoms with E-state index in [2.05, 4.69) is 4.98 Å². The summed E-state index contributed by atoms with van der Waals surface area (Å²) in [6.07, 6.45) is 2.35. The Balaban J connectivity index is 2.01. The van der Waals surface area contributed by atoms with Gasteiger partial charge in [0.25, 0.3) is 5.56 Å². The molecule has 4 rings (SSSR count). The predicted octanol–water partition coefficient (Wildman–Crippen LogP) is 0.745. The fourth-order valence-electron chi connectivity index (χ4n) is 3.39. The lowest BCUT2D eigenvalue weighted by atomic mass is 10.3. The van der Waals surface area contributed by atoms with Crippen molar-refractivity contribution in [2.24, 2.45) is 14.1 Å². The van der Waals surface area contributed by atoms with E-state index in [1.54, 1.807) is 11.4 Å². The number of para-hydroxylation sites is 2. The third-order valence-electron chi connectivity index (χ3n) is 4.81. The highest BCUT2D eigenvalue weighted by Crippen LogP contribution is 2.28. The predicted molar refractivity (Wildman–Crippen MR) is 104 cm³/mol. The normalized spacial score (nSPS) is 11.6. The van der Waals surface area contributed by atoms with E-state index in [0.29, 0.717) is 35.7 Å². The minimum Gasteiger partial charge on any atom is -0.491 e. The highest BCUT2D eigenvalue weighted by atomic mass is 16.5. The Morgan fingerprint density at radius 1 is 1.14 bits per heavy atom. The van der Waals surface area contributed by atoms with E-state index in [1.165, 1.54) is 11.6 Å². The molecule has 1 aromatic carbocycles. The van der Waals surface area contributed by atoms with Crippen molar-refractivity contribution < 1.29 is 9.84 Å². The van der Waals surface area contributed by atoms with E-state index < -0.39 is 11.2 Å². The molecule has 0 aliphatic heterocycles. The molecule has 0 radical (unpaired) electrons. The number of hydrogen-bond acceptors (Lipinski definition) is 5.